The Hall–Kier alpha value is -1.55. The summed E-state index contributed by atoms with van der Waals surface area (Å²) >= 11 is 0. The van der Waals surface area contributed by atoms with Crippen molar-refractivity contribution in [2.24, 2.45) is 5.73 Å². The van der Waals surface area contributed by atoms with Gasteiger partial charge in [-0.3, -0.25) is 0 Å². The van der Waals surface area contributed by atoms with E-state index in [1.165, 1.54) is 24.4 Å². The second-order valence-corrected chi connectivity index (χ2v) is 5.10. The summed E-state index contributed by atoms with van der Waals surface area (Å²) < 4.78 is 21.4. The molecule has 0 amide bonds. The zero-order valence-corrected chi connectivity index (χ0v) is 11.4. The standard InChI is InChI=1S/C15H19FN2O/c1-3-13(17)18-11-6-4-5-9(11)14-12(18)8-7-10(16)15(14)19-2/h7-8,13H,3-6,17H2,1-2H3. The fourth-order valence-electron chi connectivity index (χ4n) is 3.21. The van der Waals surface area contributed by atoms with E-state index in [9.17, 15) is 4.39 Å². The third-order valence-electron chi connectivity index (χ3n) is 4.08. The summed E-state index contributed by atoms with van der Waals surface area (Å²) in [5, 5.41) is 0.916. The van der Waals surface area contributed by atoms with Crippen LogP contribution in [-0.2, 0) is 12.8 Å². The van der Waals surface area contributed by atoms with Crippen LogP contribution in [0.4, 0.5) is 4.39 Å². The summed E-state index contributed by atoms with van der Waals surface area (Å²) in [4.78, 5) is 0. The number of aromatic nitrogens is 1. The lowest BCUT2D eigenvalue weighted by molar-refractivity contribution is 0.391. The van der Waals surface area contributed by atoms with Gasteiger partial charge in [-0.2, -0.15) is 0 Å². The van der Waals surface area contributed by atoms with Gasteiger partial charge in [0.25, 0.3) is 0 Å². The van der Waals surface area contributed by atoms with E-state index in [0.29, 0.717) is 5.75 Å². The lowest BCUT2D eigenvalue weighted by atomic mass is 10.1. The topological polar surface area (TPSA) is 40.2 Å². The molecule has 1 atom stereocenters. The van der Waals surface area contributed by atoms with Gasteiger partial charge in [0, 0.05) is 11.1 Å². The van der Waals surface area contributed by atoms with Crippen LogP contribution in [0.2, 0.25) is 0 Å². The average Bonchev–Trinajstić information content (AvgIpc) is 2.98. The molecule has 1 heterocycles. The number of rotatable bonds is 3. The second kappa shape index (κ2) is 4.53. The molecule has 0 aliphatic heterocycles. The highest BCUT2D eigenvalue weighted by atomic mass is 19.1. The number of ether oxygens (including phenoxy) is 1. The minimum absolute atomic E-state index is 0.0560. The van der Waals surface area contributed by atoms with Crippen molar-refractivity contribution in [1.82, 2.24) is 4.57 Å². The summed E-state index contributed by atoms with van der Waals surface area (Å²) in [7, 11) is 1.52. The molecule has 1 aromatic carbocycles. The van der Waals surface area contributed by atoms with E-state index >= 15 is 0 Å². The molecule has 1 unspecified atom stereocenters. The van der Waals surface area contributed by atoms with Gasteiger partial charge in [0.2, 0.25) is 0 Å². The zero-order chi connectivity index (χ0) is 13.6. The number of aryl methyl sites for hydroxylation is 1. The Morgan fingerprint density at radius 1 is 1.42 bits per heavy atom. The van der Waals surface area contributed by atoms with E-state index in [1.54, 1.807) is 0 Å². The fraction of sp³-hybridized carbons (Fsp3) is 0.467. The molecule has 1 aliphatic rings. The largest absolute Gasteiger partial charge is 0.493 e. The van der Waals surface area contributed by atoms with Crippen molar-refractivity contribution in [3.63, 3.8) is 0 Å². The van der Waals surface area contributed by atoms with Crippen LogP contribution in [0, 0.1) is 5.82 Å². The third-order valence-corrected chi connectivity index (χ3v) is 4.08. The second-order valence-electron chi connectivity index (χ2n) is 5.10. The molecule has 2 N–H and O–H groups in total. The molecular weight excluding hydrogens is 243 g/mol. The predicted octanol–water partition coefficient (Wildman–Crippen LogP) is 3.15. The first-order chi connectivity index (χ1) is 9.19. The molecular formula is C15H19FN2O. The predicted molar refractivity (Wildman–Crippen MR) is 74.0 cm³/mol. The minimum atomic E-state index is -0.299. The molecule has 19 heavy (non-hydrogen) atoms. The van der Waals surface area contributed by atoms with E-state index in [4.69, 9.17) is 10.5 Å². The van der Waals surface area contributed by atoms with Gasteiger partial charge in [-0.25, -0.2) is 4.39 Å². The van der Waals surface area contributed by atoms with E-state index in [0.717, 1.165) is 36.6 Å². The van der Waals surface area contributed by atoms with Gasteiger partial charge in [0.05, 0.1) is 18.8 Å². The first-order valence-electron chi connectivity index (χ1n) is 6.82. The number of nitrogens with zero attached hydrogens (tertiary/aromatic N) is 1. The van der Waals surface area contributed by atoms with Crippen LogP contribution in [0.5, 0.6) is 5.75 Å². The number of methoxy groups -OCH3 is 1. The molecule has 1 aromatic heterocycles. The van der Waals surface area contributed by atoms with Crippen molar-refractivity contribution >= 4 is 10.9 Å². The Bertz CT molecular complexity index is 633. The summed E-state index contributed by atoms with van der Waals surface area (Å²) in [6, 6.07) is 3.29. The van der Waals surface area contributed by atoms with Crippen LogP contribution in [-0.4, -0.2) is 11.7 Å². The van der Waals surface area contributed by atoms with E-state index in [1.807, 2.05) is 6.07 Å². The number of hydrogen-bond donors (Lipinski definition) is 1. The highest BCUT2D eigenvalue weighted by molar-refractivity contribution is 5.92. The maximum Gasteiger partial charge on any atom is 0.165 e. The van der Waals surface area contributed by atoms with Gasteiger partial charge in [-0.1, -0.05) is 6.92 Å². The molecule has 0 fully saturated rings. The van der Waals surface area contributed by atoms with Gasteiger partial charge in [0.15, 0.2) is 11.6 Å². The summed E-state index contributed by atoms with van der Waals surface area (Å²) in [6.07, 6.45) is 3.91. The Labute approximate surface area is 112 Å². The molecule has 0 radical (unpaired) electrons. The van der Waals surface area contributed by atoms with Gasteiger partial charge in [0.1, 0.15) is 0 Å². The highest BCUT2D eigenvalue weighted by Crippen LogP contribution is 2.40. The van der Waals surface area contributed by atoms with Gasteiger partial charge in [-0.05, 0) is 43.4 Å². The van der Waals surface area contributed by atoms with Crippen molar-refractivity contribution in [2.75, 3.05) is 7.11 Å². The number of halogens is 1. The van der Waals surface area contributed by atoms with Gasteiger partial charge >= 0.3 is 0 Å². The van der Waals surface area contributed by atoms with Crippen molar-refractivity contribution in [1.29, 1.82) is 0 Å². The lowest BCUT2D eigenvalue weighted by Gasteiger charge is -2.16. The molecule has 2 aromatic rings. The number of nitrogens with two attached hydrogens (primary N) is 1. The van der Waals surface area contributed by atoms with E-state index < -0.39 is 0 Å². The highest BCUT2D eigenvalue weighted by Gasteiger charge is 2.26. The Morgan fingerprint density at radius 3 is 2.89 bits per heavy atom. The number of hydrogen-bond acceptors (Lipinski definition) is 2. The molecule has 0 spiro atoms. The first kappa shape index (κ1) is 12.5. The van der Waals surface area contributed by atoms with Gasteiger partial charge < -0.3 is 15.0 Å². The molecule has 3 rings (SSSR count). The summed E-state index contributed by atoms with van der Waals surface area (Å²) in [5.74, 6) is 0.0598. The molecule has 0 saturated heterocycles. The van der Waals surface area contributed by atoms with Gasteiger partial charge in [-0.15, -0.1) is 0 Å². The van der Waals surface area contributed by atoms with Crippen molar-refractivity contribution in [2.45, 2.75) is 38.8 Å². The van der Waals surface area contributed by atoms with Crippen molar-refractivity contribution in [3.8, 4) is 5.75 Å². The van der Waals surface area contributed by atoms with Crippen molar-refractivity contribution in [3.05, 3.63) is 29.2 Å². The van der Waals surface area contributed by atoms with Crippen LogP contribution in [0.15, 0.2) is 12.1 Å². The van der Waals surface area contributed by atoms with E-state index in [2.05, 4.69) is 11.5 Å². The van der Waals surface area contributed by atoms with Crippen LogP contribution in [0.25, 0.3) is 10.9 Å². The lowest BCUT2D eigenvalue weighted by Crippen LogP contribution is -2.19. The smallest absolute Gasteiger partial charge is 0.165 e. The van der Waals surface area contributed by atoms with Crippen molar-refractivity contribution < 1.29 is 9.13 Å². The Balaban J connectivity index is 2.39. The van der Waals surface area contributed by atoms with Crippen LogP contribution in [0.3, 0.4) is 0 Å². The normalized spacial score (nSPS) is 15.8. The molecule has 0 bridgehead atoms. The maximum absolute atomic E-state index is 13.9. The SMILES string of the molecule is CCC(N)n1c2c(c3c(OC)c(F)ccc31)CCC2. The van der Waals surface area contributed by atoms with Crippen LogP contribution >= 0.6 is 0 Å². The van der Waals surface area contributed by atoms with Crippen LogP contribution < -0.4 is 10.5 Å². The van der Waals surface area contributed by atoms with Crippen LogP contribution in [0.1, 0.15) is 37.2 Å². The molecule has 1 aliphatic carbocycles. The number of benzene rings is 1. The third kappa shape index (κ3) is 1.66. The first-order valence-corrected chi connectivity index (χ1v) is 6.82. The average molecular weight is 262 g/mol. The molecule has 3 nitrogen and oxygen atoms in total. The molecule has 4 heteroatoms. The zero-order valence-electron chi connectivity index (χ0n) is 11.4. The summed E-state index contributed by atoms with van der Waals surface area (Å²) in [6.45, 7) is 2.07. The quantitative estimate of drug-likeness (QED) is 0.923. The Kier molecular flexibility index (Phi) is 2.97. The number of fused-ring (bicyclic) bond motifs is 3. The monoisotopic (exact) mass is 262 g/mol. The fourth-order valence-corrected chi connectivity index (χ4v) is 3.21. The maximum atomic E-state index is 13.9. The Morgan fingerprint density at radius 2 is 2.21 bits per heavy atom. The summed E-state index contributed by atoms with van der Waals surface area (Å²) in [5.41, 5.74) is 9.71. The minimum Gasteiger partial charge on any atom is -0.493 e. The van der Waals surface area contributed by atoms with E-state index in [-0.39, 0.29) is 12.0 Å². The molecule has 0 saturated carbocycles. The molecule has 102 valence electrons.